The van der Waals surface area contributed by atoms with Crippen LogP contribution < -0.4 is 5.32 Å². The van der Waals surface area contributed by atoms with Crippen LogP contribution in [0.15, 0.2) is 47.1 Å². The summed E-state index contributed by atoms with van der Waals surface area (Å²) in [6.07, 6.45) is 2.63. The molecular weight excluding hydrogens is 400 g/mol. The number of benzene rings is 2. The predicted octanol–water partition coefficient (Wildman–Crippen LogP) is 6.44. The molecule has 1 aromatic heterocycles. The van der Waals surface area contributed by atoms with Crippen LogP contribution in [0.2, 0.25) is 0 Å². The molecule has 142 valence electrons. The number of hydrogen-bond acceptors (Lipinski definition) is 1. The lowest BCUT2D eigenvalue weighted by Crippen LogP contribution is -2.20. The number of amides is 1. The number of aryl methyl sites for hydroxylation is 2. The summed E-state index contributed by atoms with van der Waals surface area (Å²) < 4.78 is 3.35. The van der Waals surface area contributed by atoms with E-state index in [0.717, 1.165) is 27.8 Å². The van der Waals surface area contributed by atoms with Crippen molar-refractivity contribution in [1.29, 1.82) is 0 Å². The van der Waals surface area contributed by atoms with Gasteiger partial charge in [-0.1, -0.05) is 48.8 Å². The van der Waals surface area contributed by atoms with Crippen LogP contribution in [0.25, 0.3) is 10.9 Å². The summed E-state index contributed by atoms with van der Waals surface area (Å²) in [7, 11) is 0. The average molecular weight is 427 g/mol. The van der Waals surface area contributed by atoms with Crippen molar-refractivity contribution in [3.8, 4) is 0 Å². The molecule has 0 saturated heterocycles. The molecule has 0 bridgehead atoms. The van der Waals surface area contributed by atoms with Crippen molar-refractivity contribution in [2.75, 3.05) is 5.32 Å². The molecule has 0 radical (unpaired) electrons. The summed E-state index contributed by atoms with van der Waals surface area (Å²) in [6, 6.07) is 12.7. The molecule has 1 amide bonds. The molecule has 0 spiro atoms. The van der Waals surface area contributed by atoms with Gasteiger partial charge in [0.1, 0.15) is 0 Å². The van der Waals surface area contributed by atoms with E-state index in [4.69, 9.17) is 0 Å². The number of carbonyl (C=O) groups is 1. The van der Waals surface area contributed by atoms with Gasteiger partial charge >= 0.3 is 0 Å². The van der Waals surface area contributed by atoms with Crippen molar-refractivity contribution in [2.45, 2.75) is 47.6 Å². The zero-order chi connectivity index (χ0) is 19.8. The van der Waals surface area contributed by atoms with Crippen LogP contribution in [0, 0.1) is 19.3 Å². The van der Waals surface area contributed by atoms with Crippen molar-refractivity contribution in [3.63, 3.8) is 0 Å². The largest absolute Gasteiger partial charge is 0.343 e. The molecule has 27 heavy (non-hydrogen) atoms. The van der Waals surface area contributed by atoms with E-state index in [1.54, 1.807) is 0 Å². The topological polar surface area (TPSA) is 34.0 Å². The molecule has 0 fully saturated rings. The SMILES string of the molecule is Cc1cc2c(ccn2Cc2ccc(Br)cc2)c(C)c1NC(=O)CC(C)(C)C. The van der Waals surface area contributed by atoms with Crippen molar-refractivity contribution >= 4 is 38.4 Å². The zero-order valence-corrected chi connectivity index (χ0v) is 18.3. The van der Waals surface area contributed by atoms with Gasteiger partial charge in [0.05, 0.1) is 0 Å². The standard InChI is InChI=1S/C23H27BrN2O/c1-15-12-20-19(16(2)22(15)25-21(27)13-23(3,4)5)10-11-26(20)14-17-6-8-18(24)9-7-17/h6-12H,13-14H2,1-5H3,(H,25,27). The second-order valence-electron chi connectivity index (χ2n) is 8.48. The molecule has 0 aliphatic rings. The second kappa shape index (κ2) is 7.51. The molecule has 3 aromatic rings. The lowest BCUT2D eigenvalue weighted by Gasteiger charge is -2.19. The van der Waals surface area contributed by atoms with E-state index >= 15 is 0 Å². The van der Waals surface area contributed by atoms with Crippen LogP contribution in [0.4, 0.5) is 5.69 Å². The Morgan fingerprint density at radius 1 is 1.11 bits per heavy atom. The first-order chi connectivity index (χ1) is 12.6. The maximum Gasteiger partial charge on any atom is 0.224 e. The molecule has 4 heteroatoms. The average Bonchev–Trinajstić information content (AvgIpc) is 2.95. The maximum absolute atomic E-state index is 12.4. The minimum absolute atomic E-state index is 0.0238. The summed E-state index contributed by atoms with van der Waals surface area (Å²) in [4.78, 5) is 12.4. The third-order valence-electron chi connectivity index (χ3n) is 4.75. The summed E-state index contributed by atoms with van der Waals surface area (Å²) >= 11 is 3.49. The number of hydrogen-bond donors (Lipinski definition) is 1. The highest BCUT2D eigenvalue weighted by molar-refractivity contribution is 9.10. The summed E-state index contributed by atoms with van der Waals surface area (Å²) in [5, 5.41) is 4.32. The van der Waals surface area contributed by atoms with Crippen LogP contribution >= 0.6 is 15.9 Å². The first-order valence-electron chi connectivity index (χ1n) is 9.27. The molecule has 0 aliphatic carbocycles. The van der Waals surface area contributed by atoms with Gasteiger partial charge < -0.3 is 9.88 Å². The molecule has 0 saturated carbocycles. The van der Waals surface area contributed by atoms with Crippen LogP contribution in [-0.4, -0.2) is 10.5 Å². The number of carbonyl (C=O) groups excluding carboxylic acids is 1. The van der Waals surface area contributed by atoms with Gasteiger partial charge in [-0.05, 0) is 60.2 Å². The van der Waals surface area contributed by atoms with Crippen LogP contribution in [0.3, 0.4) is 0 Å². The Kier molecular flexibility index (Phi) is 5.48. The first kappa shape index (κ1) is 19.7. The zero-order valence-electron chi connectivity index (χ0n) is 16.7. The van der Waals surface area contributed by atoms with Gasteiger partial charge in [0.15, 0.2) is 0 Å². The lowest BCUT2D eigenvalue weighted by atomic mass is 9.92. The minimum atomic E-state index is -0.0238. The summed E-state index contributed by atoms with van der Waals surface area (Å²) in [5.74, 6) is 0.0716. The normalized spacial score (nSPS) is 11.8. The number of fused-ring (bicyclic) bond motifs is 1. The van der Waals surface area contributed by atoms with Crippen molar-refractivity contribution in [3.05, 3.63) is 63.8 Å². The second-order valence-corrected chi connectivity index (χ2v) is 9.40. The van der Waals surface area contributed by atoms with E-state index in [0.29, 0.717) is 6.42 Å². The van der Waals surface area contributed by atoms with Gasteiger partial charge in [0, 0.05) is 40.2 Å². The third kappa shape index (κ3) is 4.62. The smallest absolute Gasteiger partial charge is 0.224 e. The number of anilines is 1. The first-order valence-corrected chi connectivity index (χ1v) is 10.1. The van der Waals surface area contributed by atoms with Gasteiger partial charge in [-0.2, -0.15) is 0 Å². The Bertz CT molecular complexity index is 978. The highest BCUT2D eigenvalue weighted by Gasteiger charge is 2.18. The minimum Gasteiger partial charge on any atom is -0.343 e. The fourth-order valence-electron chi connectivity index (χ4n) is 3.45. The Balaban J connectivity index is 1.92. The quantitative estimate of drug-likeness (QED) is 0.511. The highest BCUT2D eigenvalue weighted by atomic mass is 79.9. The van der Waals surface area contributed by atoms with Gasteiger partial charge in [-0.25, -0.2) is 0 Å². The van der Waals surface area contributed by atoms with Crippen LogP contribution in [0.5, 0.6) is 0 Å². The fraction of sp³-hybridized carbons (Fsp3) is 0.348. The number of rotatable bonds is 4. The van der Waals surface area contributed by atoms with Crippen molar-refractivity contribution < 1.29 is 4.79 Å². The number of nitrogens with zero attached hydrogens (tertiary/aromatic N) is 1. The van der Waals surface area contributed by atoms with Crippen molar-refractivity contribution in [1.82, 2.24) is 4.57 Å². The molecule has 0 aliphatic heterocycles. The monoisotopic (exact) mass is 426 g/mol. The van der Waals surface area contributed by atoms with E-state index in [1.807, 2.05) is 0 Å². The molecular formula is C23H27BrN2O. The molecule has 1 heterocycles. The van der Waals surface area contributed by atoms with E-state index in [-0.39, 0.29) is 11.3 Å². The Hall–Kier alpha value is -2.07. The van der Waals surface area contributed by atoms with Gasteiger partial charge in [0.25, 0.3) is 0 Å². The van der Waals surface area contributed by atoms with Crippen LogP contribution in [-0.2, 0) is 11.3 Å². The van der Waals surface area contributed by atoms with Crippen LogP contribution in [0.1, 0.15) is 43.9 Å². The summed E-state index contributed by atoms with van der Waals surface area (Å²) in [5.41, 5.74) is 5.59. The van der Waals surface area contributed by atoms with Gasteiger partial charge in [0.2, 0.25) is 5.91 Å². The van der Waals surface area contributed by atoms with E-state index < -0.39 is 0 Å². The predicted molar refractivity (Wildman–Crippen MR) is 117 cm³/mol. The Morgan fingerprint density at radius 2 is 1.78 bits per heavy atom. The summed E-state index contributed by atoms with van der Waals surface area (Å²) in [6.45, 7) is 11.2. The molecule has 3 rings (SSSR count). The van der Waals surface area contributed by atoms with Crippen molar-refractivity contribution in [2.24, 2.45) is 5.41 Å². The third-order valence-corrected chi connectivity index (χ3v) is 5.28. The molecule has 1 N–H and O–H groups in total. The molecule has 2 aromatic carbocycles. The van der Waals surface area contributed by atoms with E-state index in [9.17, 15) is 4.79 Å². The maximum atomic E-state index is 12.4. The van der Waals surface area contributed by atoms with E-state index in [2.05, 4.69) is 103 Å². The van der Waals surface area contributed by atoms with Gasteiger partial charge in [-0.15, -0.1) is 0 Å². The Morgan fingerprint density at radius 3 is 2.41 bits per heavy atom. The molecule has 3 nitrogen and oxygen atoms in total. The molecule has 0 atom stereocenters. The highest BCUT2D eigenvalue weighted by Crippen LogP contribution is 2.31. The fourth-order valence-corrected chi connectivity index (χ4v) is 3.72. The Labute approximate surface area is 169 Å². The van der Waals surface area contributed by atoms with E-state index in [1.165, 1.54) is 16.5 Å². The number of aromatic nitrogens is 1. The molecule has 0 unspecified atom stereocenters. The van der Waals surface area contributed by atoms with Gasteiger partial charge in [-0.3, -0.25) is 4.79 Å². The lowest BCUT2D eigenvalue weighted by molar-refractivity contribution is -0.117. The number of nitrogens with one attached hydrogen (secondary N) is 1. The number of halogens is 1.